The fourth-order valence-corrected chi connectivity index (χ4v) is 7.77. The summed E-state index contributed by atoms with van der Waals surface area (Å²) in [4.78, 5) is 0. The molecule has 1 aliphatic carbocycles. The molecule has 0 fully saturated rings. The molecule has 48 heavy (non-hydrogen) atoms. The van der Waals surface area contributed by atoms with Gasteiger partial charge < -0.3 is 0 Å². The SMILES string of the molecule is CCCCc1ccc(-c2c(-c3ccc(C(C)(C)C)cc3)c(-c3ccccc3)c3c(c2-c2ccccc2)-c2cccc4cccc-3c24)cc1. The molecule has 8 rings (SSSR count). The van der Waals surface area contributed by atoms with E-state index in [9.17, 15) is 0 Å². The zero-order chi connectivity index (χ0) is 32.8. The molecule has 0 heteroatoms. The van der Waals surface area contributed by atoms with E-state index in [0.717, 1.165) is 6.42 Å². The maximum Gasteiger partial charge on any atom is -0.000719 e. The molecular weight excluding hydrogens is 577 g/mol. The van der Waals surface area contributed by atoms with Gasteiger partial charge >= 0.3 is 0 Å². The molecule has 234 valence electrons. The van der Waals surface area contributed by atoms with Gasteiger partial charge in [0.1, 0.15) is 0 Å². The minimum Gasteiger partial charge on any atom is -0.0654 e. The monoisotopic (exact) mass is 618 g/mol. The van der Waals surface area contributed by atoms with Crippen LogP contribution in [0.5, 0.6) is 0 Å². The highest BCUT2D eigenvalue weighted by molar-refractivity contribution is 6.25. The number of fused-ring (bicyclic) bond motifs is 3. The van der Waals surface area contributed by atoms with Crippen molar-refractivity contribution in [2.75, 3.05) is 0 Å². The van der Waals surface area contributed by atoms with Gasteiger partial charge in [-0.3, -0.25) is 0 Å². The van der Waals surface area contributed by atoms with Crippen LogP contribution in [0.3, 0.4) is 0 Å². The fraction of sp³-hybridized carbons (Fsp3) is 0.167. The molecular formula is C48H42. The van der Waals surface area contributed by atoms with Gasteiger partial charge in [0.25, 0.3) is 0 Å². The lowest BCUT2D eigenvalue weighted by molar-refractivity contribution is 0.590. The molecule has 0 bridgehead atoms. The van der Waals surface area contributed by atoms with E-state index in [4.69, 9.17) is 0 Å². The zero-order valence-corrected chi connectivity index (χ0v) is 28.5. The molecule has 0 N–H and O–H groups in total. The maximum atomic E-state index is 2.38. The van der Waals surface area contributed by atoms with E-state index < -0.39 is 0 Å². The second kappa shape index (κ2) is 12.1. The fourth-order valence-electron chi connectivity index (χ4n) is 7.77. The smallest absolute Gasteiger partial charge is 0.000719 e. The first kappa shape index (κ1) is 30.2. The standard InChI is InChI=1S/C48H42/c1-5-6-15-32-24-26-36(27-25-32)42-43(37-28-30-38(31-29-37)48(2,3)4)45(35-18-11-8-12-19-35)47-40-23-14-21-33-20-13-22-39(41(33)40)46(47)44(42)34-16-9-7-10-17-34/h7-14,16-31H,5-6,15H2,1-4H3. The molecule has 1 aliphatic rings. The van der Waals surface area contributed by atoms with Gasteiger partial charge in [0.05, 0.1) is 0 Å². The Morgan fingerprint density at radius 3 is 1.31 bits per heavy atom. The first-order chi connectivity index (χ1) is 23.4. The lowest BCUT2D eigenvalue weighted by Crippen LogP contribution is -2.10. The number of aryl methyl sites for hydroxylation is 1. The van der Waals surface area contributed by atoms with Crippen molar-refractivity contribution in [1.82, 2.24) is 0 Å². The summed E-state index contributed by atoms with van der Waals surface area (Å²) in [6.07, 6.45) is 3.52. The summed E-state index contributed by atoms with van der Waals surface area (Å²) >= 11 is 0. The second-order valence-corrected chi connectivity index (χ2v) is 14.3. The number of rotatable bonds is 7. The van der Waals surface area contributed by atoms with Crippen LogP contribution in [-0.2, 0) is 11.8 Å². The van der Waals surface area contributed by atoms with Crippen molar-refractivity contribution in [2.24, 2.45) is 0 Å². The van der Waals surface area contributed by atoms with Crippen LogP contribution in [0.4, 0.5) is 0 Å². The Morgan fingerprint density at radius 2 is 0.854 bits per heavy atom. The number of unbranched alkanes of at least 4 members (excludes halogenated alkanes) is 1. The first-order valence-electron chi connectivity index (χ1n) is 17.5. The highest BCUT2D eigenvalue weighted by atomic mass is 14.4. The topological polar surface area (TPSA) is 0 Å². The zero-order valence-electron chi connectivity index (χ0n) is 28.5. The van der Waals surface area contributed by atoms with Crippen molar-refractivity contribution in [3.05, 3.63) is 157 Å². The van der Waals surface area contributed by atoms with Crippen LogP contribution in [0.1, 0.15) is 51.7 Å². The summed E-state index contributed by atoms with van der Waals surface area (Å²) in [5, 5.41) is 2.64. The summed E-state index contributed by atoms with van der Waals surface area (Å²) < 4.78 is 0. The quantitative estimate of drug-likeness (QED) is 0.167. The van der Waals surface area contributed by atoms with E-state index in [1.54, 1.807) is 0 Å². The van der Waals surface area contributed by atoms with E-state index in [1.807, 2.05) is 0 Å². The molecule has 0 aliphatic heterocycles. The molecule has 0 saturated heterocycles. The van der Waals surface area contributed by atoms with Crippen molar-refractivity contribution in [2.45, 2.75) is 52.4 Å². The van der Waals surface area contributed by atoms with Crippen molar-refractivity contribution < 1.29 is 0 Å². The molecule has 7 aromatic carbocycles. The van der Waals surface area contributed by atoms with Crippen LogP contribution < -0.4 is 0 Å². The Balaban J connectivity index is 1.58. The number of hydrogen-bond acceptors (Lipinski definition) is 0. The Bertz CT molecular complexity index is 2240. The molecule has 0 atom stereocenters. The minimum atomic E-state index is 0.0718. The largest absolute Gasteiger partial charge is 0.0654 e. The van der Waals surface area contributed by atoms with Gasteiger partial charge in [-0.25, -0.2) is 0 Å². The van der Waals surface area contributed by atoms with Gasteiger partial charge in [-0.2, -0.15) is 0 Å². The van der Waals surface area contributed by atoms with Crippen LogP contribution in [0, 0.1) is 0 Å². The highest BCUT2D eigenvalue weighted by Crippen LogP contribution is 2.60. The molecule has 0 unspecified atom stereocenters. The predicted molar refractivity (Wildman–Crippen MR) is 207 cm³/mol. The van der Waals surface area contributed by atoms with Crippen molar-refractivity contribution in [3.63, 3.8) is 0 Å². The summed E-state index contributed by atoms with van der Waals surface area (Å²) in [6, 6.07) is 54.8. The molecule has 0 saturated carbocycles. The Hall–Kier alpha value is -5.20. The van der Waals surface area contributed by atoms with Gasteiger partial charge in [0, 0.05) is 0 Å². The molecule has 0 aromatic heterocycles. The number of hydrogen-bond donors (Lipinski definition) is 0. The molecule has 7 aromatic rings. The van der Waals surface area contributed by atoms with Crippen molar-refractivity contribution >= 4 is 10.8 Å². The molecule has 0 nitrogen and oxygen atoms in total. The average Bonchev–Trinajstić information content (AvgIpc) is 3.46. The second-order valence-electron chi connectivity index (χ2n) is 14.3. The summed E-state index contributed by atoms with van der Waals surface area (Å²) in [7, 11) is 0. The third kappa shape index (κ3) is 5.08. The van der Waals surface area contributed by atoms with Crippen LogP contribution in [-0.4, -0.2) is 0 Å². The van der Waals surface area contributed by atoms with Crippen molar-refractivity contribution in [1.29, 1.82) is 0 Å². The summed E-state index contributed by atoms with van der Waals surface area (Å²) in [5.74, 6) is 0. The summed E-state index contributed by atoms with van der Waals surface area (Å²) in [6.45, 7) is 9.16. The van der Waals surface area contributed by atoms with E-state index in [0.29, 0.717) is 0 Å². The van der Waals surface area contributed by atoms with Crippen molar-refractivity contribution in [3.8, 4) is 66.8 Å². The third-order valence-corrected chi connectivity index (χ3v) is 10.2. The lowest BCUT2D eigenvalue weighted by atomic mass is 9.76. The van der Waals surface area contributed by atoms with E-state index in [2.05, 4.69) is 173 Å². The van der Waals surface area contributed by atoms with Gasteiger partial charge in [0.15, 0.2) is 0 Å². The van der Waals surface area contributed by atoms with E-state index >= 15 is 0 Å². The highest BCUT2D eigenvalue weighted by Gasteiger charge is 2.33. The average molecular weight is 619 g/mol. The van der Waals surface area contributed by atoms with Crippen LogP contribution in [0.2, 0.25) is 0 Å². The van der Waals surface area contributed by atoms with Gasteiger partial charge in [-0.15, -0.1) is 0 Å². The van der Waals surface area contributed by atoms with Gasteiger partial charge in [-0.05, 0) is 107 Å². The molecule has 0 heterocycles. The van der Waals surface area contributed by atoms with E-state index in [-0.39, 0.29) is 5.41 Å². The van der Waals surface area contributed by atoms with E-state index in [1.165, 1.54) is 102 Å². The maximum absolute atomic E-state index is 2.38. The van der Waals surface area contributed by atoms with Crippen LogP contribution in [0.15, 0.2) is 146 Å². The molecule has 0 spiro atoms. The van der Waals surface area contributed by atoms with Gasteiger partial charge in [0.2, 0.25) is 0 Å². The molecule has 0 amide bonds. The van der Waals surface area contributed by atoms with Crippen LogP contribution >= 0.6 is 0 Å². The minimum absolute atomic E-state index is 0.0718. The lowest BCUT2D eigenvalue weighted by Gasteiger charge is -2.27. The Labute approximate surface area is 285 Å². The van der Waals surface area contributed by atoms with Gasteiger partial charge in [-0.1, -0.05) is 180 Å². The predicted octanol–water partition coefficient (Wildman–Crippen LogP) is 13.8. The summed E-state index contributed by atoms with van der Waals surface area (Å²) in [5.41, 5.74) is 18.3. The Kier molecular flexibility index (Phi) is 7.61. The normalized spacial score (nSPS) is 12.0. The Morgan fingerprint density at radius 1 is 0.417 bits per heavy atom. The third-order valence-electron chi connectivity index (χ3n) is 10.2. The first-order valence-corrected chi connectivity index (χ1v) is 17.5. The van der Waals surface area contributed by atoms with Crippen LogP contribution in [0.25, 0.3) is 77.5 Å². The number of benzene rings is 7. The molecule has 0 radical (unpaired) electrons.